The summed E-state index contributed by atoms with van der Waals surface area (Å²) in [5.41, 5.74) is 0.822. The maximum absolute atomic E-state index is 14.1. The second kappa shape index (κ2) is 8.72. The van der Waals surface area contributed by atoms with Crippen LogP contribution in [0.1, 0.15) is 33.5 Å². The summed E-state index contributed by atoms with van der Waals surface area (Å²) in [6.45, 7) is 1.83. The highest BCUT2D eigenvalue weighted by molar-refractivity contribution is 7.89. The van der Waals surface area contributed by atoms with Gasteiger partial charge in [0.05, 0.1) is 28.7 Å². The molecule has 0 aromatic heterocycles. The van der Waals surface area contributed by atoms with Gasteiger partial charge in [0, 0.05) is 5.56 Å². The number of Topliss-reactive ketones (excluding diaryl/α,β-unsaturated/α-hetero) is 1. The first-order valence-corrected chi connectivity index (χ1v) is 12.9. The van der Waals surface area contributed by atoms with Crippen LogP contribution < -0.4 is 0 Å². The lowest BCUT2D eigenvalue weighted by Crippen LogP contribution is -2.56. The van der Waals surface area contributed by atoms with Gasteiger partial charge in [-0.2, -0.15) is 0 Å². The van der Waals surface area contributed by atoms with Gasteiger partial charge in [-0.05, 0) is 43.0 Å². The van der Waals surface area contributed by atoms with Gasteiger partial charge >= 0.3 is 5.97 Å². The quantitative estimate of drug-likeness (QED) is 0.545. The maximum atomic E-state index is 14.1. The zero-order chi connectivity index (χ0) is 25.7. The fraction of sp³-hybridized carbons (Fsp3) is 0.214. The Morgan fingerprint density at radius 1 is 0.972 bits per heavy atom. The molecule has 0 unspecified atom stereocenters. The van der Waals surface area contributed by atoms with Crippen molar-refractivity contribution in [3.05, 3.63) is 107 Å². The predicted octanol–water partition coefficient (Wildman–Crippen LogP) is 3.72. The summed E-state index contributed by atoms with van der Waals surface area (Å²) in [4.78, 5) is 26.9. The van der Waals surface area contributed by atoms with E-state index in [4.69, 9.17) is 4.74 Å². The number of benzene rings is 3. The molecule has 0 bridgehead atoms. The van der Waals surface area contributed by atoms with E-state index in [0.717, 1.165) is 9.87 Å². The van der Waals surface area contributed by atoms with Gasteiger partial charge in [0.25, 0.3) is 10.0 Å². The summed E-state index contributed by atoms with van der Waals surface area (Å²) in [5.74, 6) is -1.16. The molecule has 184 valence electrons. The lowest BCUT2D eigenvalue weighted by atomic mass is 9.73. The van der Waals surface area contributed by atoms with Crippen molar-refractivity contribution in [3.63, 3.8) is 0 Å². The topological polar surface area (TPSA) is 101 Å². The lowest BCUT2D eigenvalue weighted by molar-refractivity contribution is -0.137. The van der Waals surface area contributed by atoms with Crippen LogP contribution in [0.4, 0.5) is 0 Å². The molecule has 3 aromatic carbocycles. The van der Waals surface area contributed by atoms with Crippen molar-refractivity contribution in [3.8, 4) is 0 Å². The molecule has 2 aliphatic rings. The highest BCUT2D eigenvalue weighted by atomic mass is 32.2. The molecule has 7 nitrogen and oxygen atoms in total. The number of ether oxygens (including phenoxy) is 1. The average Bonchev–Trinajstić information content (AvgIpc) is 3.17. The number of ketones is 1. The van der Waals surface area contributed by atoms with Gasteiger partial charge in [-0.25, -0.2) is 17.5 Å². The molecule has 1 heterocycles. The summed E-state index contributed by atoms with van der Waals surface area (Å²) in [7, 11) is -3.20. The summed E-state index contributed by atoms with van der Waals surface area (Å²) >= 11 is 0. The molecule has 1 aliphatic carbocycles. The highest BCUT2D eigenvalue weighted by Crippen LogP contribution is 2.52. The average molecular weight is 504 g/mol. The Balaban J connectivity index is 1.80. The van der Waals surface area contributed by atoms with Crippen LogP contribution in [0.5, 0.6) is 0 Å². The molecular weight excluding hydrogens is 478 g/mol. The zero-order valence-electron chi connectivity index (χ0n) is 19.8. The van der Waals surface area contributed by atoms with Crippen molar-refractivity contribution >= 4 is 27.5 Å². The third-order valence-electron chi connectivity index (χ3n) is 6.99. The highest BCUT2D eigenvalue weighted by Gasteiger charge is 2.59. The first-order valence-electron chi connectivity index (χ1n) is 11.5. The lowest BCUT2D eigenvalue weighted by Gasteiger charge is -2.45. The number of aryl methyl sites for hydroxylation is 1. The zero-order valence-corrected chi connectivity index (χ0v) is 20.7. The summed E-state index contributed by atoms with van der Waals surface area (Å²) in [6, 6.07) is 21.7. The number of methoxy groups -OCH3 is 1. The number of carbonyl (C=O) groups is 2. The van der Waals surface area contributed by atoms with Crippen molar-refractivity contribution in [2.24, 2.45) is 5.41 Å². The minimum atomic E-state index is -4.41. The van der Waals surface area contributed by atoms with E-state index in [-0.39, 0.29) is 29.0 Å². The van der Waals surface area contributed by atoms with E-state index in [9.17, 15) is 23.1 Å². The fourth-order valence-electron chi connectivity index (χ4n) is 5.17. The van der Waals surface area contributed by atoms with Gasteiger partial charge in [-0.15, -0.1) is 0 Å². The Hall–Kier alpha value is -3.75. The molecule has 0 radical (unpaired) electrons. The van der Waals surface area contributed by atoms with Crippen LogP contribution in [0, 0.1) is 12.3 Å². The number of aliphatic hydroxyl groups is 1. The SMILES string of the molecule is COC(=O)C1=C(c2ccccc2)N(S(=O)(=O)c2ccc(C)cc2)[C@@H](O)[C@@]2(C1)Cc1ccccc1C2=O. The number of sulfonamides is 1. The number of esters is 1. The first kappa shape index (κ1) is 24.0. The second-order valence-electron chi connectivity index (χ2n) is 9.17. The summed E-state index contributed by atoms with van der Waals surface area (Å²) < 4.78 is 34.2. The van der Waals surface area contributed by atoms with E-state index in [1.165, 1.54) is 19.2 Å². The Bertz CT molecular complexity index is 1490. The minimum absolute atomic E-state index is 0.00454. The first-order chi connectivity index (χ1) is 17.2. The molecule has 5 rings (SSSR count). The number of aliphatic hydroxyl groups excluding tert-OH is 1. The van der Waals surface area contributed by atoms with Gasteiger partial charge in [-0.1, -0.05) is 72.3 Å². The molecule has 0 saturated heterocycles. The standard InChI is InChI=1S/C28H25NO6S/c1-18-12-14-21(15-13-18)36(33,34)29-24(19-8-4-3-5-9-19)23(26(31)35-2)17-28(27(29)32)16-20-10-6-7-11-22(20)25(28)30/h3-15,27,32H,16-17H2,1-2H3/t27-,28+/m0/s1. The van der Waals surface area contributed by atoms with Crippen molar-refractivity contribution in [2.45, 2.75) is 30.9 Å². The minimum Gasteiger partial charge on any atom is -0.466 e. The molecule has 1 spiro atoms. The molecule has 36 heavy (non-hydrogen) atoms. The number of nitrogens with zero attached hydrogens (tertiary/aromatic N) is 1. The number of hydrogen-bond donors (Lipinski definition) is 1. The fourth-order valence-corrected chi connectivity index (χ4v) is 6.80. The molecule has 8 heteroatoms. The van der Waals surface area contributed by atoms with Crippen LogP contribution in [-0.4, -0.2) is 42.9 Å². The van der Waals surface area contributed by atoms with Gasteiger partial charge < -0.3 is 9.84 Å². The predicted molar refractivity (Wildman–Crippen MR) is 133 cm³/mol. The van der Waals surface area contributed by atoms with Crippen LogP contribution >= 0.6 is 0 Å². The Morgan fingerprint density at radius 2 is 1.61 bits per heavy atom. The summed E-state index contributed by atoms with van der Waals surface area (Å²) in [6.07, 6.45) is -1.84. The molecule has 1 aliphatic heterocycles. The van der Waals surface area contributed by atoms with Crippen molar-refractivity contribution in [2.75, 3.05) is 7.11 Å². The number of fused-ring (bicyclic) bond motifs is 1. The Morgan fingerprint density at radius 3 is 2.25 bits per heavy atom. The van der Waals surface area contributed by atoms with Gasteiger partial charge in [0.15, 0.2) is 12.0 Å². The number of rotatable bonds is 4. The van der Waals surface area contributed by atoms with Crippen LogP contribution in [0.2, 0.25) is 0 Å². The van der Waals surface area contributed by atoms with Crippen LogP contribution in [0.25, 0.3) is 5.70 Å². The van der Waals surface area contributed by atoms with Crippen molar-refractivity contribution < 1.29 is 27.9 Å². The van der Waals surface area contributed by atoms with E-state index in [1.54, 1.807) is 66.7 Å². The van der Waals surface area contributed by atoms with E-state index in [2.05, 4.69) is 0 Å². The van der Waals surface area contributed by atoms with Crippen molar-refractivity contribution in [1.29, 1.82) is 0 Å². The molecule has 0 saturated carbocycles. The molecule has 3 aromatic rings. The third-order valence-corrected chi connectivity index (χ3v) is 8.76. The van der Waals surface area contributed by atoms with Gasteiger partial charge in [0.1, 0.15) is 0 Å². The largest absolute Gasteiger partial charge is 0.466 e. The number of hydrogen-bond acceptors (Lipinski definition) is 6. The van der Waals surface area contributed by atoms with Gasteiger partial charge in [0.2, 0.25) is 0 Å². The molecule has 2 atom stereocenters. The van der Waals surface area contributed by atoms with E-state index in [0.29, 0.717) is 16.7 Å². The van der Waals surface area contributed by atoms with Crippen molar-refractivity contribution in [1.82, 2.24) is 4.31 Å². The summed E-state index contributed by atoms with van der Waals surface area (Å²) in [5, 5.41) is 11.9. The molecule has 0 fully saturated rings. The molecular formula is C28H25NO6S. The Kier molecular flexibility index (Phi) is 5.81. The van der Waals surface area contributed by atoms with E-state index in [1.807, 2.05) is 6.92 Å². The van der Waals surface area contributed by atoms with E-state index >= 15 is 0 Å². The third kappa shape index (κ3) is 3.56. The normalized spacial score (nSPS) is 21.6. The molecule has 0 amide bonds. The Labute approximate surface area is 209 Å². The molecule has 1 N–H and O–H groups in total. The van der Waals surface area contributed by atoms with Crippen LogP contribution in [-0.2, 0) is 26.0 Å². The maximum Gasteiger partial charge on any atom is 0.335 e. The smallest absolute Gasteiger partial charge is 0.335 e. The number of carbonyl (C=O) groups excluding carboxylic acids is 2. The van der Waals surface area contributed by atoms with Crippen LogP contribution in [0.3, 0.4) is 0 Å². The second-order valence-corrected chi connectivity index (χ2v) is 11.0. The monoisotopic (exact) mass is 503 g/mol. The van der Waals surface area contributed by atoms with E-state index < -0.39 is 33.4 Å². The van der Waals surface area contributed by atoms with Gasteiger partial charge in [-0.3, -0.25) is 4.79 Å². The van der Waals surface area contributed by atoms with Crippen LogP contribution in [0.15, 0.2) is 89.3 Å².